The monoisotopic (exact) mass is 144 g/mol. The lowest BCUT2D eigenvalue weighted by Gasteiger charge is -2.21. The fourth-order valence-electron chi connectivity index (χ4n) is 1.59. The van der Waals surface area contributed by atoms with Crippen LogP contribution >= 0.6 is 0 Å². The van der Waals surface area contributed by atoms with E-state index in [1.807, 2.05) is 0 Å². The fraction of sp³-hybridized carbons (Fsp3) is 1.00. The molecule has 3 heteroatoms. The van der Waals surface area contributed by atoms with E-state index >= 15 is 0 Å². The molecule has 1 fully saturated rings. The summed E-state index contributed by atoms with van der Waals surface area (Å²) < 4.78 is 0. The van der Waals surface area contributed by atoms with E-state index in [4.69, 9.17) is 5.84 Å². The quantitative estimate of drug-likeness (QED) is 0.390. The van der Waals surface area contributed by atoms with Crippen LogP contribution in [0.4, 0.5) is 0 Å². The molecule has 0 saturated heterocycles. The molecule has 0 bridgehead atoms. The Morgan fingerprint density at radius 1 is 1.40 bits per heavy atom. The van der Waals surface area contributed by atoms with Crippen molar-refractivity contribution in [3.05, 3.63) is 0 Å². The summed E-state index contributed by atoms with van der Waals surface area (Å²) in [5.74, 6) is 5.10. The Kier molecular flexibility index (Phi) is 2.65. The minimum atomic E-state index is -0.396. The number of hydrogen-bond acceptors (Lipinski definition) is 3. The highest BCUT2D eigenvalue weighted by molar-refractivity contribution is 4.84. The van der Waals surface area contributed by atoms with E-state index in [-0.39, 0.29) is 0 Å². The zero-order valence-electron chi connectivity index (χ0n) is 6.27. The van der Waals surface area contributed by atoms with Gasteiger partial charge in [-0.15, -0.1) is 0 Å². The number of hydrogen-bond donors (Lipinski definition) is 3. The van der Waals surface area contributed by atoms with Crippen molar-refractivity contribution in [2.45, 2.75) is 37.7 Å². The molecule has 0 heterocycles. The van der Waals surface area contributed by atoms with Crippen LogP contribution in [0.1, 0.15) is 32.1 Å². The van der Waals surface area contributed by atoms with Gasteiger partial charge < -0.3 is 5.11 Å². The van der Waals surface area contributed by atoms with Crippen LogP contribution in [0, 0.1) is 0 Å². The summed E-state index contributed by atoms with van der Waals surface area (Å²) in [6.07, 6.45) is 5.04. The average Bonchev–Trinajstić information content (AvgIpc) is 2.33. The lowest BCUT2D eigenvalue weighted by Crippen LogP contribution is -2.32. The third-order valence-electron chi connectivity index (χ3n) is 2.27. The van der Waals surface area contributed by atoms with Crippen LogP contribution in [-0.2, 0) is 0 Å². The molecule has 0 unspecified atom stereocenters. The highest BCUT2D eigenvalue weighted by Gasteiger charge is 2.29. The molecule has 3 nitrogen and oxygen atoms in total. The molecule has 1 rings (SSSR count). The fourth-order valence-corrected chi connectivity index (χ4v) is 1.59. The Balaban J connectivity index is 2.22. The van der Waals surface area contributed by atoms with Crippen LogP contribution in [0.15, 0.2) is 0 Å². The SMILES string of the molecule is NNCCC1(O)CCCC1. The smallest absolute Gasteiger partial charge is 0.0660 e. The molecule has 0 atom stereocenters. The van der Waals surface area contributed by atoms with Crippen LogP contribution in [0.25, 0.3) is 0 Å². The van der Waals surface area contributed by atoms with Gasteiger partial charge in [-0.2, -0.15) is 0 Å². The summed E-state index contributed by atoms with van der Waals surface area (Å²) in [4.78, 5) is 0. The Bertz CT molecular complexity index is 99.8. The largest absolute Gasteiger partial charge is 0.390 e. The van der Waals surface area contributed by atoms with Gasteiger partial charge in [-0.25, -0.2) is 0 Å². The van der Waals surface area contributed by atoms with Gasteiger partial charge in [-0.05, 0) is 19.3 Å². The normalized spacial score (nSPS) is 23.4. The average molecular weight is 144 g/mol. The minimum Gasteiger partial charge on any atom is -0.390 e. The zero-order valence-corrected chi connectivity index (χ0v) is 6.27. The van der Waals surface area contributed by atoms with Gasteiger partial charge in [0.05, 0.1) is 5.60 Å². The topological polar surface area (TPSA) is 58.3 Å². The van der Waals surface area contributed by atoms with Gasteiger partial charge in [0.1, 0.15) is 0 Å². The molecule has 0 radical (unpaired) electrons. The zero-order chi connectivity index (χ0) is 7.45. The molecule has 0 aliphatic heterocycles. The molecule has 0 aromatic carbocycles. The Labute approximate surface area is 61.6 Å². The summed E-state index contributed by atoms with van der Waals surface area (Å²) in [6.45, 7) is 0.719. The first-order valence-electron chi connectivity index (χ1n) is 3.93. The van der Waals surface area contributed by atoms with Crippen molar-refractivity contribution in [2.24, 2.45) is 5.84 Å². The first kappa shape index (κ1) is 7.98. The summed E-state index contributed by atoms with van der Waals surface area (Å²) in [5.41, 5.74) is 2.16. The van der Waals surface area contributed by atoms with Gasteiger partial charge in [0, 0.05) is 6.54 Å². The molecule has 1 aliphatic carbocycles. The van der Waals surface area contributed by atoms with Gasteiger partial charge >= 0.3 is 0 Å². The summed E-state index contributed by atoms with van der Waals surface area (Å²) in [6, 6.07) is 0. The van der Waals surface area contributed by atoms with Crippen molar-refractivity contribution in [1.29, 1.82) is 0 Å². The Morgan fingerprint density at radius 3 is 2.50 bits per heavy atom. The van der Waals surface area contributed by atoms with Crippen LogP contribution in [0.5, 0.6) is 0 Å². The maximum absolute atomic E-state index is 9.73. The first-order valence-corrected chi connectivity index (χ1v) is 3.93. The third kappa shape index (κ3) is 1.94. The summed E-state index contributed by atoms with van der Waals surface area (Å²) in [7, 11) is 0. The molecule has 1 aliphatic rings. The molecular formula is C7H16N2O. The lowest BCUT2D eigenvalue weighted by atomic mass is 9.98. The summed E-state index contributed by atoms with van der Waals surface area (Å²) >= 11 is 0. The number of nitrogens with one attached hydrogen (secondary N) is 1. The van der Waals surface area contributed by atoms with Gasteiger partial charge in [-0.3, -0.25) is 11.3 Å². The third-order valence-corrected chi connectivity index (χ3v) is 2.27. The maximum Gasteiger partial charge on any atom is 0.0660 e. The van der Waals surface area contributed by atoms with Crippen LogP contribution in [-0.4, -0.2) is 17.3 Å². The van der Waals surface area contributed by atoms with Gasteiger partial charge in [0.15, 0.2) is 0 Å². The van der Waals surface area contributed by atoms with E-state index in [0.29, 0.717) is 0 Å². The van der Waals surface area contributed by atoms with Gasteiger partial charge in [0.25, 0.3) is 0 Å². The van der Waals surface area contributed by atoms with Crippen LogP contribution in [0.3, 0.4) is 0 Å². The van der Waals surface area contributed by atoms with Gasteiger partial charge in [0.2, 0.25) is 0 Å². The van der Waals surface area contributed by atoms with E-state index in [1.54, 1.807) is 0 Å². The second-order valence-electron chi connectivity index (χ2n) is 3.14. The second-order valence-corrected chi connectivity index (χ2v) is 3.14. The van der Waals surface area contributed by atoms with Crippen molar-refractivity contribution < 1.29 is 5.11 Å². The van der Waals surface area contributed by atoms with Crippen molar-refractivity contribution in [3.8, 4) is 0 Å². The van der Waals surface area contributed by atoms with Crippen molar-refractivity contribution in [3.63, 3.8) is 0 Å². The van der Waals surface area contributed by atoms with E-state index in [2.05, 4.69) is 5.43 Å². The number of nitrogens with two attached hydrogens (primary N) is 1. The van der Waals surface area contributed by atoms with Crippen molar-refractivity contribution >= 4 is 0 Å². The van der Waals surface area contributed by atoms with Gasteiger partial charge in [-0.1, -0.05) is 12.8 Å². The standard InChI is InChI=1S/C7H16N2O/c8-9-6-5-7(10)3-1-2-4-7/h9-10H,1-6,8H2. The molecule has 0 spiro atoms. The molecule has 0 aromatic heterocycles. The predicted octanol–water partition coefficient (Wildman–Crippen LogP) is 0.145. The number of hydrazine groups is 1. The van der Waals surface area contributed by atoms with Crippen molar-refractivity contribution in [1.82, 2.24) is 5.43 Å². The lowest BCUT2D eigenvalue weighted by molar-refractivity contribution is 0.0392. The van der Waals surface area contributed by atoms with Crippen LogP contribution in [0.2, 0.25) is 0 Å². The highest BCUT2D eigenvalue weighted by Crippen LogP contribution is 2.31. The first-order chi connectivity index (χ1) is 4.77. The predicted molar refractivity (Wildman–Crippen MR) is 40.2 cm³/mol. The van der Waals surface area contributed by atoms with E-state index < -0.39 is 5.60 Å². The van der Waals surface area contributed by atoms with Crippen molar-refractivity contribution in [2.75, 3.05) is 6.54 Å². The Morgan fingerprint density at radius 2 is 2.00 bits per heavy atom. The number of rotatable bonds is 3. The summed E-state index contributed by atoms with van der Waals surface area (Å²) in [5, 5.41) is 9.73. The Hall–Kier alpha value is -0.120. The molecule has 0 aromatic rings. The number of aliphatic hydroxyl groups is 1. The molecule has 60 valence electrons. The molecule has 4 N–H and O–H groups in total. The minimum absolute atomic E-state index is 0.396. The molecule has 0 amide bonds. The van der Waals surface area contributed by atoms with E-state index in [1.165, 1.54) is 12.8 Å². The molecule has 10 heavy (non-hydrogen) atoms. The highest BCUT2D eigenvalue weighted by atomic mass is 16.3. The molecule has 1 saturated carbocycles. The van der Waals surface area contributed by atoms with E-state index in [0.717, 1.165) is 25.8 Å². The molecular weight excluding hydrogens is 128 g/mol. The van der Waals surface area contributed by atoms with Crippen LogP contribution < -0.4 is 11.3 Å². The second kappa shape index (κ2) is 3.32. The van der Waals surface area contributed by atoms with E-state index in [9.17, 15) is 5.11 Å². The maximum atomic E-state index is 9.73.